The fourth-order valence-electron chi connectivity index (χ4n) is 2.65. The predicted molar refractivity (Wildman–Crippen MR) is 94.9 cm³/mol. The summed E-state index contributed by atoms with van der Waals surface area (Å²) >= 11 is 5.48. The number of halogens is 1. The monoisotopic (exact) mass is 353 g/mol. The number of carbonyl (C=O) groups excluding carboxylic acids is 2. The molecule has 6 nitrogen and oxygen atoms in total. The summed E-state index contributed by atoms with van der Waals surface area (Å²) in [5.74, 6) is 0.316. The van der Waals surface area contributed by atoms with Gasteiger partial charge in [0.2, 0.25) is 0 Å². The number of rotatable bonds is 5. The van der Waals surface area contributed by atoms with E-state index in [2.05, 4.69) is 5.32 Å². The second-order valence-electron chi connectivity index (χ2n) is 5.98. The van der Waals surface area contributed by atoms with Gasteiger partial charge in [0, 0.05) is 44.5 Å². The predicted octanol–water partition coefficient (Wildman–Crippen LogP) is 2.32. The van der Waals surface area contributed by atoms with Gasteiger partial charge in [-0.15, -0.1) is 11.6 Å². The maximum absolute atomic E-state index is 12.5. The lowest BCUT2D eigenvalue weighted by Gasteiger charge is -2.32. The number of carbonyl (C=O) groups is 2. The molecule has 24 heavy (non-hydrogen) atoms. The van der Waals surface area contributed by atoms with Crippen LogP contribution in [0.15, 0.2) is 24.3 Å². The van der Waals surface area contributed by atoms with Crippen molar-refractivity contribution in [1.29, 1.82) is 0 Å². The van der Waals surface area contributed by atoms with Crippen LogP contribution in [-0.4, -0.2) is 62.6 Å². The molecule has 0 aliphatic carbocycles. The third-order valence-electron chi connectivity index (χ3n) is 4.05. The molecule has 1 fully saturated rings. The Balaban J connectivity index is 1.83. The second-order valence-corrected chi connectivity index (χ2v) is 6.35. The molecule has 1 aromatic carbocycles. The van der Waals surface area contributed by atoms with Crippen molar-refractivity contribution in [3.63, 3.8) is 0 Å². The molecule has 1 aliphatic heterocycles. The Kier molecular flexibility index (Phi) is 6.73. The smallest absolute Gasteiger partial charge is 0.407 e. The van der Waals surface area contributed by atoms with Gasteiger partial charge in [0.05, 0.1) is 5.88 Å². The molecule has 2 amide bonds. The molecule has 1 N–H and O–H groups in total. The van der Waals surface area contributed by atoms with Gasteiger partial charge < -0.3 is 19.9 Å². The molecular weight excluding hydrogens is 330 g/mol. The van der Waals surface area contributed by atoms with E-state index in [1.807, 2.05) is 48.2 Å². The van der Waals surface area contributed by atoms with Gasteiger partial charge in [0.1, 0.15) is 6.61 Å². The average molecular weight is 354 g/mol. The average Bonchev–Trinajstić information content (AvgIpc) is 2.60. The molecule has 132 valence electrons. The number of alkyl halides is 1. The van der Waals surface area contributed by atoms with Crippen LogP contribution in [-0.2, 0) is 4.74 Å². The van der Waals surface area contributed by atoms with E-state index < -0.39 is 6.09 Å². The van der Waals surface area contributed by atoms with Gasteiger partial charge in [-0.3, -0.25) is 4.79 Å². The van der Waals surface area contributed by atoms with Gasteiger partial charge in [-0.25, -0.2) is 4.79 Å². The molecule has 0 bridgehead atoms. The van der Waals surface area contributed by atoms with E-state index >= 15 is 0 Å². The van der Waals surface area contributed by atoms with Crippen molar-refractivity contribution in [2.45, 2.75) is 18.9 Å². The van der Waals surface area contributed by atoms with Crippen LogP contribution in [0.4, 0.5) is 10.5 Å². The molecule has 7 heteroatoms. The van der Waals surface area contributed by atoms with E-state index in [1.165, 1.54) is 0 Å². The molecule has 0 radical (unpaired) electrons. The summed E-state index contributed by atoms with van der Waals surface area (Å²) in [4.78, 5) is 27.9. The van der Waals surface area contributed by atoms with Crippen molar-refractivity contribution in [2.24, 2.45) is 0 Å². The zero-order chi connectivity index (χ0) is 17.5. The van der Waals surface area contributed by atoms with Gasteiger partial charge >= 0.3 is 6.09 Å². The minimum atomic E-state index is -0.445. The van der Waals surface area contributed by atoms with Crippen LogP contribution >= 0.6 is 11.6 Å². The number of nitrogens with one attached hydrogen (secondary N) is 1. The van der Waals surface area contributed by atoms with Gasteiger partial charge in [-0.1, -0.05) is 0 Å². The highest BCUT2D eigenvalue weighted by atomic mass is 35.5. The Morgan fingerprint density at radius 3 is 2.42 bits per heavy atom. The van der Waals surface area contributed by atoms with Crippen LogP contribution in [0.2, 0.25) is 0 Å². The Bertz CT molecular complexity index is 555. The van der Waals surface area contributed by atoms with Crippen molar-refractivity contribution in [1.82, 2.24) is 10.2 Å². The first-order valence-electron chi connectivity index (χ1n) is 8.07. The van der Waals surface area contributed by atoms with E-state index in [-0.39, 0.29) is 24.4 Å². The van der Waals surface area contributed by atoms with Crippen molar-refractivity contribution in [3.05, 3.63) is 29.8 Å². The number of anilines is 1. The van der Waals surface area contributed by atoms with Crippen LogP contribution in [0.3, 0.4) is 0 Å². The molecule has 2 rings (SSSR count). The molecule has 1 heterocycles. The lowest BCUT2D eigenvalue weighted by molar-refractivity contribution is 0.0702. The third-order valence-corrected chi connectivity index (χ3v) is 4.20. The van der Waals surface area contributed by atoms with E-state index in [0.717, 1.165) is 18.5 Å². The molecule has 1 aromatic rings. The summed E-state index contributed by atoms with van der Waals surface area (Å²) in [6.07, 6.45) is 0.995. The number of hydrogen-bond donors (Lipinski definition) is 1. The van der Waals surface area contributed by atoms with Crippen LogP contribution in [0, 0.1) is 0 Å². The summed E-state index contributed by atoms with van der Waals surface area (Å²) in [7, 11) is 3.93. The number of piperidine rings is 1. The first-order chi connectivity index (χ1) is 11.5. The molecular formula is C17H24ClN3O3. The van der Waals surface area contributed by atoms with Crippen molar-refractivity contribution < 1.29 is 14.3 Å². The molecule has 0 saturated carbocycles. The Labute approximate surface area is 147 Å². The fourth-order valence-corrected chi connectivity index (χ4v) is 2.73. The molecule has 0 aromatic heterocycles. The number of amides is 2. The maximum Gasteiger partial charge on any atom is 0.407 e. The number of benzene rings is 1. The van der Waals surface area contributed by atoms with Gasteiger partial charge in [-0.05, 0) is 37.1 Å². The first-order valence-corrected chi connectivity index (χ1v) is 8.60. The van der Waals surface area contributed by atoms with Crippen LogP contribution in [0.5, 0.6) is 0 Å². The molecule has 0 atom stereocenters. The standard InChI is InChI=1S/C17H24ClN3O3/c1-20(2)15-5-3-13(4-6-15)16(22)21-10-7-14(8-11-21)19-17(23)24-12-9-18/h3-6,14H,7-12H2,1-2H3,(H,19,23). The molecule has 0 spiro atoms. The van der Waals surface area contributed by atoms with Crippen molar-refractivity contribution in [2.75, 3.05) is 44.6 Å². The quantitative estimate of drug-likeness (QED) is 0.825. The van der Waals surface area contributed by atoms with Gasteiger partial charge in [0.15, 0.2) is 0 Å². The van der Waals surface area contributed by atoms with Crippen LogP contribution < -0.4 is 10.2 Å². The van der Waals surface area contributed by atoms with Gasteiger partial charge in [0.25, 0.3) is 5.91 Å². The maximum atomic E-state index is 12.5. The summed E-state index contributed by atoms with van der Waals surface area (Å²) < 4.78 is 4.90. The Hall–Kier alpha value is -1.95. The van der Waals surface area contributed by atoms with E-state index in [0.29, 0.717) is 18.7 Å². The third kappa shape index (κ3) is 5.03. The number of alkyl carbamates (subject to hydrolysis) is 1. The summed E-state index contributed by atoms with van der Waals surface area (Å²) in [5.41, 5.74) is 1.75. The highest BCUT2D eigenvalue weighted by molar-refractivity contribution is 6.18. The number of likely N-dealkylation sites (tertiary alicyclic amines) is 1. The van der Waals surface area contributed by atoms with E-state index in [4.69, 9.17) is 16.3 Å². The zero-order valence-corrected chi connectivity index (χ0v) is 14.9. The van der Waals surface area contributed by atoms with E-state index in [9.17, 15) is 9.59 Å². The van der Waals surface area contributed by atoms with Crippen LogP contribution in [0.25, 0.3) is 0 Å². The number of ether oxygens (including phenoxy) is 1. The highest BCUT2D eigenvalue weighted by Crippen LogP contribution is 2.17. The van der Waals surface area contributed by atoms with E-state index in [1.54, 1.807) is 0 Å². The summed E-state index contributed by atoms with van der Waals surface area (Å²) in [6, 6.07) is 7.62. The molecule has 1 saturated heterocycles. The lowest BCUT2D eigenvalue weighted by atomic mass is 10.0. The summed E-state index contributed by atoms with van der Waals surface area (Å²) in [6.45, 7) is 1.44. The number of nitrogens with zero attached hydrogens (tertiary/aromatic N) is 2. The van der Waals surface area contributed by atoms with Crippen molar-refractivity contribution in [3.8, 4) is 0 Å². The topological polar surface area (TPSA) is 61.9 Å². The zero-order valence-electron chi connectivity index (χ0n) is 14.1. The minimum Gasteiger partial charge on any atom is -0.448 e. The summed E-state index contributed by atoms with van der Waals surface area (Å²) in [5, 5.41) is 2.81. The van der Waals surface area contributed by atoms with Crippen LogP contribution in [0.1, 0.15) is 23.2 Å². The largest absolute Gasteiger partial charge is 0.448 e. The molecule has 0 unspecified atom stereocenters. The lowest BCUT2D eigenvalue weighted by Crippen LogP contribution is -2.46. The Morgan fingerprint density at radius 2 is 1.88 bits per heavy atom. The first kappa shape index (κ1) is 18.4. The number of hydrogen-bond acceptors (Lipinski definition) is 4. The Morgan fingerprint density at radius 1 is 1.25 bits per heavy atom. The van der Waals surface area contributed by atoms with Crippen molar-refractivity contribution >= 4 is 29.3 Å². The SMILES string of the molecule is CN(C)c1ccc(C(=O)N2CCC(NC(=O)OCCCl)CC2)cc1. The highest BCUT2D eigenvalue weighted by Gasteiger charge is 2.24. The second kappa shape index (κ2) is 8.78. The molecule has 1 aliphatic rings. The normalized spacial score (nSPS) is 15.0. The fraction of sp³-hybridized carbons (Fsp3) is 0.529. The minimum absolute atomic E-state index is 0.0310. The van der Waals surface area contributed by atoms with Gasteiger partial charge in [-0.2, -0.15) is 0 Å².